The molecule has 0 aliphatic heterocycles. The Bertz CT molecular complexity index is 1320. The van der Waals surface area contributed by atoms with Crippen LogP contribution in [0.4, 0.5) is 13.2 Å². The number of imidazole rings is 1. The SMILES string of the molecule is CCc1nc2ccc(C)cn2c1C(=O)NCc1ccc(-c2ccc(C)cc2C(F)(F)F)cc1. The van der Waals surface area contributed by atoms with Gasteiger partial charge in [-0.15, -0.1) is 0 Å². The minimum absolute atomic E-state index is 0.136. The van der Waals surface area contributed by atoms with E-state index in [0.29, 0.717) is 34.6 Å². The molecule has 0 saturated heterocycles. The molecular weight excluding hydrogens is 427 g/mol. The van der Waals surface area contributed by atoms with Crippen LogP contribution in [0.1, 0.15) is 45.4 Å². The van der Waals surface area contributed by atoms with Crippen molar-refractivity contribution in [3.63, 3.8) is 0 Å². The van der Waals surface area contributed by atoms with E-state index in [0.717, 1.165) is 17.2 Å². The zero-order valence-electron chi connectivity index (χ0n) is 18.6. The molecule has 4 aromatic rings. The molecule has 0 unspecified atom stereocenters. The third-order valence-electron chi connectivity index (χ3n) is 5.59. The summed E-state index contributed by atoms with van der Waals surface area (Å²) in [6, 6.07) is 14.9. The lowest BCUT2D eigenvalue weighted by molar-refractivity contribution is -0.137. The van der Waals surface area contributed by atoms with Crippen molar-refractivity contribution in [3.8, 4) is 11.1 Å². The van der Waals surface area contributed by atoms with Crippen LogP contribution >= 0.6 is 0 Å². The van der Waals surface area contributed by atoms with Crippen LogP contribution in [0.25, 0.3) is 16.8 Å². The van der Waals surface area contributed by atoms with Gasteiger partial charge in [-0.1, -0.05) is 55.0 Å². The summed E-state index contributed by atoms with van der Waals surface area (Å²) in [4.78, 5) is 17.5. The predicted molar refractivity (Wildman–Crippen MR) is 122 cm³/mol. The van der Waals surface area contributed by atoms with E-state index in [-0.39, 0.29) is 18.0 Å². The molecule has 0 atom stereocenters. The Balaban J connectivity index is 1.54. The Morgan fingerprint density at radius 2 is 1.70 bits per heavy atom. The first kappa shape index (κ1) is 22.6. The maximum absolute atomic E-state index is 13.5. The summed E-state index contributed by atoms with van der Waals surface area (Å²) in [5.74, 6) is -0.244. The van der Waals surface area contributed by atoms with E-state index in [1.807, 2.05) is 32.2 Å². The van der Waals surface area contributed by atoms with E-state index in [1.165, 1.54) is 6.07 Å². The van der Waals surface area contributed by atoms with Crippen LogP contribution in [0.15, 0.2) is 60.8 Å². The van der Waals surface area contributed by atoms with Crippen molar-refractivity contribution in [1.29, 1.82) is 0 Å². The summed E-state index contributed by atoms with van der Waals surface area (Å²) in [7, 11) is 0. The summed E-state index contributed by atoms with van der Waals surface area (Å²) >= 11 is 0. The third-order valence-corrected chi connectivity index (χ3v) is 5.59. The van der Waals surface area contributed by atoms with Crippen LogP contribution in [0, 0.1) is 13.8 Å². The number of benzene rings is 2. The predicted octanol–water partition coefficient (Wildman–Crippen LogP) is 6.13. The number of halogens is 3. The van der Waals surface area contributed by atoms with Crippen LogP contribution in [0.2, 0.25) is 0 Å². The highest BCUT2D eigenvalue weighted by atomic mass is 19.4. The second kappa shape index (κ2) is 8.73. The first-order chi connectivity index (χ1) is 15.7. The van der Waals surface area contributed by atoms with Gasteiger partial charge in [0.25, 0.3) is 5.91 Å². The quantitative estimate of drug-likeness (QED) is 0.397. The Kier molecular flexibility index (Phi) is 5.97. The maximum atomic E-state index is 13.5. The van der Waals surface area contributed by atoms with Crippen molar-refractivity contribution in [2.75, 3.05) is 0 Å². The van der Waals surface area contributed by atoms with Crippen molar-refractivity contribution >= 4 is 11.6 Å². The van der Waals surface area contributed by atoms with Crippen LogP contribution in [-0.4, -0.2) is 15.3 Å². The molecule has 0 fully saturated rings. The fraction of sp³-hybridized carbons (Fsp3) is 0.231. The average molecular weight is 451 g/mol. The van der Waals surface area contributed by atoms with E-state index < -0.39 is 11.7 Å². The topological polar surface area (TPSA) is 46.4 Å². The van der Waals surface area contributed by atoms with E-state index in [2.05, 4.69) is 10.3 Å². The monoisotopic (exact) mass is 451 g/mol. The molecule has 0 spiro atoms. The number of nitrogens with zero attached hydrogens (tertiary/aromatic N) is 2. The average Bonchev–Trinajstić information content (AvgIpc) is 3.15. The Morgan fingerprint density at radius 1 is 1.00 bits per heavy atom. The van der Waals surface area contributed by atoms with E-state index in [4.69, 9.17) is 0 Å². The van der Waals surface area contributed by atoms with Gasteiger partial charge in [-0.3, -0.25) is 9.20 Å². The van der Waals surface area contributed by atoms with Gasteiger partial charge in [0, 0.05) is 12.7 Å². The number of carbonyl (C=O) groups is 1. The lowest BCUT2D eigenvalue weighted by atomic mass is 9.96. The molecule has 0 saturated carbocycles. The molecule has 1 amide bonds. The van der Waals surface area contributed by atoms with Gasteiger partial charge in [-0.2, -0.15) is 13.2 Å². The molecule has 170 valence electrons. The lowest BCUT2D eigenvalue weighted by Gasteiger charge is -2.14. The largest absolute Gasteiger partial charge is 0.417 e. The van der Waals surface area contributed by atoms with E-state index in [1.54, 1.807) is 41.7 Å². The molecule has 33 heavy (non-hydrogen) atoms. The maximum Gasteiger partial charge on any atom is 0.417 e. The minimum Gasteiger partial charge on any atom is -0.347 e. The number of nitrogens with one attached hydrogen (secondary N) is 1. The van der Waals surface area contributed by atoms with Crippen LogP contribution in [0.3, 0.4) is 0 Å². The van der Waals surface area contributed by atoms with Crippen LogP contribution in [-0.2, 0) is 19.1 Å². The van der Waals surface area contributed by atoms with E-state index >= 15 is 0 Å². The number of amides is 1. The molecule has 0 radical (unpaired) electrons. The molecule has 4 nitrogen and oxygen atoms in total. The number of rotatable bonds is 5. The number of alkyl halides is 3. The van der Waals surface area contributed by atoms with Gasteiger partial charge in [0.15, 0.2) is 0 Å². The van der Waals surface area contributed by atoms with Crippen molar-refractivity contribution in [2.24, 2.45) is 0 Å². The number of hydrogen-bond acceptors (Lipinski definition) is 2. The van der Waals surface area contributed by atoms with Crippen LogP contribution in [0.5, 0.6) is 0 Å². The molecule has 0 aliphatic rings. The number of aromatic nitrogens is 2. The molecular formula is C26H24F3N3O. The number of hydrogen-bond donors (Lipinski definition) is 1. The fourth-order valence-corrected chi connectivity index (χ4v) is 3.90. The van der Waals surface area contributed by atoms with Crippen molar-refractivity contribution in [3.05, 3.63) is 94.4 Å². The van der Waals surface area contributed by atoms with Crippen molar-refractivity contribution in [2.45, 2.75) is 39.9 Å². The zero-order valence-corrected chi connectivity index (χ0v) is 18.6. The Labute approximate surface area is 190 Å². The first-order valence-electron chi connectivity index (χ1n) is 10.7. The normalized spacial score (nSPS) is 11.7. The number of aryl methyl sites for hydroxylation is 3. The smallest absolute Gasteiger partial charge is 0.347 e. The van der Waals surface area contributed by atoms with Gasteiger partial charge < -0.3 is 5.32 Å². The van der Waals surface area contributed by atoms with Gasteiger partial charge in [0.05, 0.1) is 11.3 Å². The van der Waals surface area contributed by atoms with Gasteiger partial charge >= 0.3 is 6.18 Å². The van der Waals surface area contributed by atoms with Crippen molar-refractivity contribution in [1.82, 2.24) is 14.7 Å². The van der Waals surface area contributed by atoms with Crippen LogP contribution < -0.4 is 5.32 Å². The number of carbonyl (C=O) groups excluding carboxylic acids is 1. The summed E-state index contributed by atoms with van der Waals surface area (Å²) in [5, 5.41) is 2.91. The summed E-state index contributed by atoms with van der Waals surface area (Å²) in [5.41, 5.74) is 4.25. The van der Waals surface area contributed by atoms with Gasteiger partial charge in [-0.05, 0) is 54.7 Å². The summed E-state index contributed by atoms with van der Waals surface area (Å²) < 4.78 is 42.2. The minimum atomic E-state index is -4.43. The second-order valence-electron chi connectivity index (χ2n) is 8.12. The highest BCUT2D eigenvalue weighted by molar-refractivity contribution is 5.94. The van der Waals surface area contributed by atoms with Gasteiger partial charge in [-0.25, -0.2) is 4.98 Å². The molecule has 0 aliphatic carbocycles. The zero-order chi connectivity index (χ0) is 23.8. The highest BCUT2D eigenvalue weighted by Crippen LogP contribution is 2.37. The van der Waals surface area contributed by atoms with Crippen molar-refractivity contribution < 1.29 is 18.0 Å². The molecule has 1 N–H and O–H groups in total. The number of pyridine rings is 1. The third kappa shape index (κ3) is 4.62. The van der Waals surface area contributed by atoms with Gasteiger partial charge in [0.2, 0.25) is 0 Å². The summed E-state index contributed by atoms with van der Waals surface area (Å²) in [6.45, 7) is 5.79. The molecule has 7 heteroatoms. The number of fused-ring (bicyclic) bond motifs is 1. The Hall–Kier alpha value is -3.61. The molecule has 2 aromatic heterocycles. The molecule has 0 bridgehead atoms. The molecule has 2 heterocycles. The van der Waals surface area contributed by atoms with E-state index in [9.17, 15) is 18.0 Å². The van der Waals surface area contributed by atoms with Gasteiger partial charge in [0.1, 0.15) is 11.3 Å². The standard InChI is InChI=1S/C26H24F3N3O/c1-4-22-24(32-15-17(3)6-12-23(32)31-22)25(33)30-14-18-7-9-19(10-8-18)20-11-5-16(2)13-21(20)26(27,28)29/h5-13,15H,4,14H2,1-3H3,(H,30,33). The Morgan fingerprint density at radius 3 is 2.36 bits per heavy atom. The lowest BCUT2D eigenvalue weighted by Crippen LogP contribution is -2.25. The second-order valence-corrected chi connectivity index (χ2v) is 8.12. The molecule has 2 aromatic carbocycles. The molecule has 4 rings (SSSR count). The summed E-state index contributed by atoms with van der Waals surface area (Å²) in [6.07, 6.45) is -1.93. The first-order valence-corrected chi connectivity index (χ1v) is 10.7. The fourth-order valence-electron chi connectivity index (χ4n) is 3.90. The highest BCUT2D eigenvalue weighted by Gasteiger charge is 2.33.